The molecular weight excluding hydrogens is 338 g/mol. The fraction of sp³-hybridized carbons (Fsp3) is 0.526. The highest BCUT2D eigenvalue weighted by molar-refractivity contribution is 7.89. The third-order valence-electron chi connectivity index (χ3n) is 4.54. The summed E-state index contributed by atoms with van der Waals surface area (Å²) in [5.74, 6) is -0.416. The smallest absolute Gasteiger partial charge is 0.303 e. The summed E-state index contributed by atoms with van der Waals surface area (Å²) in [7, 11) is -3.48. The number of benzene rings is 1. The minimum absolute atomic E-state index is 0.0475. The first-order valence-electron chi connectivity index (χ1n) is 8.84. The third-order valence-corrected chi connectivity index (χ3v) is 6.07. The summed E-state index contributed by atoms with van der Waals surface area (Å²) < 4.78 is 27.8. The Hall–Kier alpha value is -1.66. The molecule has 1 saturated carbocycles. The van der Waals surface area contributed by atoms with Crippen molar-refractivity contribution in [2.24, 2.45) is 5.92 Å². The van der Waals surface area contributed by atoms with Crippen LogP contribution in [0.2, 0.25) is 0 Å². The van der Waals surface area contributed by atoms with Crippen molar-refractivity contribution < 1.29 is 18.3 Å². The van der Waals surface area contributed by atoms with Crippen LogP contribution in [0.5, 0.6) is 0 Å². The molecule has 6 heteroatoms. The van der Waals surface area contributed by atoms with Crippen LogP contribution in [0, 0.1) is 12.8 Å². The van der Waals surface area contributed by atoms with E-state index in [9.17, 15) is 13.2 Å². The van der Waals surface area contributed by atoms with Crippen LogP contribution in [-0.4, -0.2) is 25.5 Å². The number of hydrogen-bond donors (Lipinski definition) is 2. The molecule has 5 nitrogen and oxygen atoms in total. The van der Waals surface area contributed by atoms with Crippen molar-refractivity contribution in [1.82, 2.24) is 4.72 Å². The Morgan fingerprint density at radius 1 is 1.28 bits per heavy atom. The van der Waals surface area contributed by atoms with Gasteiger partial charge in [0.1, 0.15) is 0 Å². The molecule has 1 aliphatic carbocycles. The lowest BCUT2D eigenvalue weighted by molar-refractivity contribution is -0.137. The molecule has 1 aromatic rings. The van der Waals surface area contributed by atoms with E-state index >= 15 is 0 Å². The Kier molecular flexibility index (Phi) is 7.20. The average molecular weight is 365 g/mol. The summed E-state index contributed by atoms with van der Waals surface area (Å²) in [4.78, 5) is 10.8. The molecule has 0 saturated heterocycles. The molecule has 0 bridgehead atoms. The van der Waals surface area contributed by atoms with Crippen molar-refractivity contribution >= 4 is 16.0 Å². The average Bonchev–Trinajstić information content (AvgIpc) is 2.54. The minimum atomic E-state index is -3.48. The maximum absolute atomic E-state index is 12.5. The third kappa shape index (κ3) is 6.63. The lowest BCUT2D eigenvalue weighted by Crippen LogP contribution is -2.38. The highest BCUT2D eigenvalue weighted by Crippen LogP contribution is 2.27. The van der Waals surface area contributed by atoms with Crippen LogP contribution in [0.1, 0.15) is 50.5 Å². The Balaban J connectivity index is 1.87. The quantitative estimate of drug-likeness (QED) is 0.544. The minimum Gasteiger partial charge on any atom is -0.481 e. The molecule has 1 aliphatic rings. The van der Waals surface area contributed by atoms with E-state index in [0.717, 1.165) is 37.7 Å². The van der Waals surface area contributed by atoms with E-state index in [2.05, 4.69) is 10.8 Å². The van der Waals surface area contributed by atoms with Crippen molar-refractivity contribution in [1.29, 1.82) is 0 Å². The molecule has 0 radical (unpaired) electrons. The monoisotopic (exact) mass is 365 g/mol. The van der Waals surface area contributed by atoms with Gasteiger partial charge in [-0.1, -0.05) is 36.3 Å². The molecule has 0 aliphatic heterocycles. The van der Waals surface area contributed by atoms with Crippen LogP contribution in [-0.2, 0) is 14.8 Å². The van der Waals surface area contributed by atoms with E-state index in [1.165, 1.54) is 0 Å². The second kappa shape index (κ2) is 9.15. The zero-order chi connectivity index (χ0) is 18.3. The van der Waals surface area contributed by atoms with Crippen molar-refractivity contribution in [3.05, 3.63) is 42.0 Å². The van der Waals surface area contributed by atoms with Gasteiger partial charge in [-0.3, -0.25) is 4.79 Å². The number of nitrogens with one attached hydrogen (secondary N) is 1. The van der Waals surface area contributed by atoms with Crippen molar-refractivity contribution in [3.63, 3.8) is 0 Å². The second-order valence-corrected chi connectivity index (χ2v) is 8.49. The summed E-state index contributed by atoms with van der Waals surface area (Å²) in [5.41, 5.74) is 1.03. The van der Waals surface area contributed by atoms with Gasteiger partial charge in [0.05, 0.1) is 4.90 Å². The summed E-state index contributed by atoms with van der Waals surface area (Å²) in [6.45, 7) is 1.93. The predicted octanol–water partition coefficient (Wildman–Crippen LogP) is 3.64. The number of carbonyl (C=O) groups is 1. The van der Waals surface area contributed by atoms with E-state index in [1.807, 2.05) is 13.0 Å². The molecule has 138 valence electrons. The number of carboxylic acids is 1. The second-order valence-electron chi connectivity index (χ2n) is 6.77. The maximum atomic E-state index is 12.5. The van der Waals surface area contributed by atoms with Gasteiger partial charge in [0.25, 0.3) is 0 Å². The van der Waals surface area contributed by atoms with Crippen LogP contribution in [0.3, 0.4) is 0 Å². The summed E-state index contributed by atoms with van der Waals surface area (Å²) in [5, 5.41) is 8.62. The van der Waals surface area contributed by atoms with Crippen LogP contribution >= 0.6 is 0 Å². The van der Waals surface area contributed by atoms with Gasteiger partial charge in [0.15, 0.2) is 0 Å². The standard InChI is InChI=1S/C19H27NO4S/c1-15-10-12-18(13-11-15)25(23,24)20-17-8-5-7-16(14-17)6-3-2-4-9-19(21)22/h3,6,10-13,16-17,20H,2,4-5,7-9,14H2,1H3,(H,21,22)/b6-3+. The van der Waals surface area contributed by atoms with E-state index in [-0.39, 0.29) is 12.5 Å². The predicted molar refractivity (Wildman–Crippen MR) is 97.9 cm³/mol. The Morgan fingerprint density at radius 3 is 2.68 bits per heavy atom. The van der Waals surface area contributed by atoms with Crippen molar-refractivity contribution in [3.8, 4) is 0 Å². The van der Waals surface area contributed by atoms with E-state index in [1.54, 1.807) is 24.3 Å². The molecule has 0 amide bonds. The largest absolute Gasteiger partial charge is 0.481 e. The number of hydrogen-bond acceptors (Lipinski definition) is 3. The van der Waals surface area contributed by atoms with Gasteiger partial charge in [0, 0.05) is 12.5 Å². The molecule has 2 N–H and O–H groups in total. The summed E-state index contributed by atoms with van der Waals surface area (Å²) >= 11 is 0. The van der Waals surface area contributed by atoms with Gasteiger partial charge < -0.3 is 5.11 Å². The summed E-state index contributed by atoms with van der Waals surface area (Å²) in [6, 6.07) is 6.84. The number of unbranched alkanes of at least 4 members (excludes halogenated alkanes) is 1. The SMILES string of the molecule is Cc1ccc(S(=O)(=O)NC2CCCC(/C=C/CCCC(=O)O)C2)cc1. The fourth-order valence-corrected chi connectivity index (χ4v) is 4.46. The molecule has 2 atom stereocenters. The molecule has 0 aromatic heterocycles. The zero-order valence-electron chi connectivity index (χ0n) is 14.6. The number of aryl methyl sites for hydroxylation is 1. The molecule has 1 fully saturated rings. The Morgan fingerprint density at radius 2 is 2.00 bits per heavy atom. The Labute approximate surface area is 150 Å². The molecule has 0 heterocycles. The van der Waals surface area contributed by atoms with Crippen LogP contribution in [0.15, 0.2) is 41.3 Å². The molecule has 25 heavy (non-hydrogen) atoms. The number of sulfonamides is 1. The number of carboxylic acid groups (broad SMARTS) is 1. The first-order chi connectivity index (χ1) is 11.9. The van der Waals surface area contributed by atoms with E-state index in [0.29, 0.717) is 17.2 Å². The lowest BCUT2D eigenvalue weighted by atomic mass is 9.86. The van der Waals surface area contributed by atoms with Crippen LogP contribution < -0.4 is 4.72 Å². The highest BCUT2D eigenvalue weighted by atomic mass is 32.2. The van der Waals surface area contributed by atoms with Crippen LogP contribution in [0.25, 0.3) is 0 Å². The van der Waals surface area contributed by atoms with Gasteiger partial charge >= 0.3 is 5.97 Å². The fourth-order valence-electron chi connectivity index (χ4n) is 3.17. The zero-order valence-corrected chi connectivity index (χ0v) is 15.5. The topological polar surface area (TPSA) is 83.5 Å². The highest BCUT2D eigenvalue weighted by Gasteiger charge is 2.25. The molecule has 2 rings (SSSR count). The first kappa shape index (κ1) is 19.7. The van der Waals surface area contributed by atoms with Gasteiger partial charge in [-0.25, -0.2) is 13.1 Å². The molecule has 2 unspecified atom stereocenters. The number of aliphatic carboxylic acids is 1. The molecule has 1 aromatic carbocycles. The number of rotatable bonds is 8. The van der Waals surface area contributed by atoms with Gasteiger partial charge in [-0.15, -0.1) is 0 Å². The molecule has 0 spiro atoms. The van der Waals surface area contributed by atoms with E-state index in [4.69, 9.17) is 5.11 Å². The van der Waals surface area contributed by atoms with Gasteiger partial charge in [0.2, 0.25) is 10.0 Å². The number of allylic oxidation sites excluding steroid dienone is 2. The van der Waals surface area contributed by atoms with Crippen LogP contribution in [0.4, 0.5) is 0 Å². The Bertz CT molecular complexity index is 695. The summed E-state index contributed by atoms with van der Waals surface area (Å²) in [6.07, 6.45) is 9.43. The van der Waals surface area contributed by atoms with Gasteiger partial charge in [-0.05, 0) is 57.1 Å². The first-order valence-corrected chi connectivity index (χ1v) is 10.3. The molecular formula is C19H27NO4S. The normalized spacial score (nSPS) is 21.5. The maximum Gasteiger partial charge on any atom is 0.303 e. The van der Waals surface area contributed by atoms with Crippen molar-refractivity contribution in [2.75, 3.05) is 0 Å². The lowest BCUT2D eigenvalue weighted by Gasteiger charge is -2.28. The van der Waals surface area contributed by atoms with Gasteiger partial charge in [-0.2, -0.15) is 0 Å². The van der Waals surface area contributed by atoms with E-state index < -0.39 is 16.0 Å². The van der Waals surface area contributed by atoms with Crippen molar-refractivity contribution in [2.45, 2.75) is 62.8 Å².